The van der Waals surface area contributed by atoms with Crippen molar-refractivity contribution in [2.45, 2.75) is 0 Å². The summed E-state index contributed by atoms with van der Waals surface area (Å²) in [5, 5.41) is 14.6. The predicted octanol–water partition coefficient (Wildman–Crippen LogP) is 1.26. The number of thiophene rings is 1. The van der Waals surface area contributed by atoms with Gasteiger partial charge in [0.05, 0.1) is 5.00 Å². The molecule has 7 heteroatoms. The normalized spacial score (nSPS) is 20.6. The molecule has 0 spiro atoms. The molecule has 1 aromatic heterocycles. The number of hydrogen-bond donors (Lipinski definition) is 0. The minimum Gasteiger partial charge on any atom is -0.871 e. The van der Waals surface area contributed by atoms with E-state index in [1.807, 2.05) is 49.8 Å². The zero-order chi connectivity index (χ0) is 17.6. The van der Waals surface area contributed by atoms with E-state index in [9.17, 15) is 14.7 Å². The molecule has 2 heterocycles. The van der Waals surface area contributed by atoms with Crippen LogP contribution in [0.5, 0.6) is 0 Å². The van der Waals surface area contributed by atoms with Crippen molar-refractivity contribution in [3.05, 3.63) is 45.4 Å². The number of Topliss-reactive ketones (excluding diaryl/α,β-unsaturated/α-hetero) is 2. The molecule has 0 N–H and O–H groups in total. The summed E-state index contributed by atoms with van der Waals surface area (Å²) in [6.07, 6.45) is 3.56. The van der Waals surface area contributed by atoms with E-state index in [4.69, 9.17) is 0 Å². The lowest BCUT2D eigenvalue weighted by Crippen LogP contribution is -2.12. The Morgan fingerprint density at radius 1 is 1.04 bits per heavy atom. The van der Waals surface area contributed by atoms with E-state index in [2.05, 4.69) is 0 Å². The SMILES string of the molecule is CN(C)c1ccc(C2=C([O-])/C(=C3\C=CC(=[N+](C)C)S3)C(=O)C2=O)s1. The summed E-state index contributed by atoms with van der Waals surface area (Å²) in [5.41, 5.74) is -0.0131. The maximum absolute atomic E-state index is 12.8. The molecule has 0 amide bonds. The van der Waals surface area contributed by atoms with Gasteiger partial charge in [-0.3, -0.25) is 9.59 Å². The predicted molar refractivity (Wildman–Crippen MR) is 96.5 cm³/mol. The molecule has 124 valence electrons. The largest absolute Gasteiger partial charge is 0.871 e. The highest BCUT2D eigenvalue weighted by molar-refractivity contribution is 8.18. The second-order valence-electron chi connectivity index (χ2n) is 5.80. The lowest BCUT2D eigenvalue weighted by Gasteiger charge is -2.11. The third kappa shape index (κ3) is 2.63. The van der Waals surface area contributed by atoms with Crippen molar-refractivity contribution >= 4 is 50.3 Å². The fourth-order valence-electron chi connectivity index (χ4n) is 2.41. The van der Waals surface area contributed by atoms with Gasteiger partial charge in [-0.05, 0) is 30.0 Å². The van der Waals surface area contributed by atoms with Crippen LogP contribution in [-0.4, -0.2) is 49.4 Å². The summed E-state index contributed by atoms with van der Waals surface area (Å²) in [6.45, 7) is 0. The molecular formula is C17H16N2O3S2. The molecule has 0 unspecified atom stereocenters. The zero-order valence-electron chi connectivity index (χ0n) is 13.7. The van der Waals surface area contributed by atoms with Gasteiger partial charge in [0.1, 0.15) is 14.1 Å². The first kappa shape index (κ1) is 16.7. The standard InChI is InChI=1S/C17H16N2O3S2/c1-18(2)11-7-5-9(23-11)13-15(20)14(17(22)16(13)21)10-6-8-12(24-10)19(3)4/h5-8H,1-4H3. The van der Waals surface area contributed by atoms with Crippen LogP contribution in [0.2, 0.25) is 0 Å². The summed E-state index contributed by atoms with van der Waals surface area (Å²) in [5.74, 6) is -1.88. The molecule has 0 saturated heterocycles. The third-order valence-corrected chi connectivity index (χ3v) is 6.21. The van der Waals surface area contributed by atoms with E-state index < -0.39 is 17.3 Å². The number of allylic oxidation sites excluding steroid dienone is 3. The van der Waals surface area contributed by atoms with Crippen LogP contribution in [0, 0.1) is 0 Å². The van der Waals surface area contributed by atoms with Crippen molar-refractivity contribution in [3.8, 4) is 0 Å². The molecule has 2 aliphatic rings. The zero-order valence-corrected chi connectivity index (χ0v) is 15.4. The lowest BCUT2D eigenvalue weighted by molar-refractivity contribution is -0.460. The van der Waals surface area contributed by atoms with Crippen molar-refractivity contribution in [1.82, 2.24) is 0 Å². The maximum atomic E-state index is 12.8. The molecule has 3 rings (SSSR count). The molecule has 0 bridgehead atoms. The van der Waals surface area contributed by atoms with Gasteiger partial charge in [0.25, 0.3) is 0 Å². The van der Waals surface area contributed by atoms with Crippen molar-refractivity contribution in [3.63, 3.8) is 0 Å². The van der Waals surface area contributed by atoms with Crippen molar-refractivity contribution in [2.24, 2.45) is 0 Å². The van der Waals surface area contributed by atoms with E-state index in [0.29, 0.717) is 9.78 Å². The van der Waals surface area contributed by atoms with Crippen LogP contribution in [0.3, 0.4) is 0 Å². The first-order chi connectivity index (χ1) is 11.3. The van der Waals surface area contributed by atoms with Gasteiger partial charge in [-0.15, -0.1) is 11.3 Å². The van der Waals surface area contributed by atoms with E-state index in [1.54, 1.807) is 12.1 Å². The fourth-order valence-corrected chi connectivity index (χ4v) is 4.35. The number of hydrogen-bond acceptors (Lipinski definition) is 6. The average molecular weight is 360 g/mol. The Morgan fingerprint density at radius 2 is 1.71 bits per heavy atom. The molecule has 0 atom stereocenters. The van der Waals surface area contributed by atoms with Gasteiger partial charge in [0.2, 0.25) is 16.6 Å². The monoisotopic (exact) mass is 360 g/mol. The molecule has 0 radical (unpaired) electrons. The fraction of sp³-hybridized carbons (Fsp3) is 0.235. The van der Waals surface area contributed by atoms with Crippen LogP contribution >= 0.6 is 23.1 Å². The van der Waals surface area contributed by atoms with E-state index >= 15 is 0 Å². The molecular weight excluding hydrogens is 344 g/mol. The van der Waals surface area contributed by atoms with E-state index in [-0.39, 0.29) is 11.1 Å². The summed E-state index contributed by atoms with van der Waals surface area (Å²) in [7, 11) is 7.54. The molecule has 24 heavy (non-hydrogen) atoms. The molecule has 0 fully saturated rings. The first-order valence-electron chi connectivity index (χ1n) is 7.24. The van der Waals surface area contributed by atoms with Crippen molar-refractivity contribution in [2.75, 3.05) is 33.1 Å². The maximum Gasteiger partial charge on any atom is 0.239 e. The Hall–Kier alpha value is -2.12. The van der Waals surface area contributed by atoms with Gasteiger partial charge in [-0.1, -0.05) is 5.76 Å². The topological polar surface area (TPSA) is 63.4 Å². The van der Waals surface area contributed by atoms with Gasteiger partial charge < -0.3 is 10.0 Å². The molecule has 5 nitrogen and oxygen atoms in total. The Morgan fingerprint density at radius 3 is 2.25 bits per heavy atom. The molecule has 1 aliphatic heterocycles. The number of rotatable bonds is 2. The highest BCUT2D eigenvalue weighted by Crippen LogP contribution is 2.40. The highest BCUT2D eigenvalue weighted by atomic mass is 32.2. The average Bonchev–Trinajstić information content (AvgIpc) is 3.20. The minimum absolute atomic E-state index is 0.00657. The number of thioether (sulfide) groups is 1. The van der Waals surface area contributed by atoms with Crippen LogP contribution in [0.25, 0.3) is 5.57 Å². The Kier molecular flexibility index (Phi) is 4.23. The van der Waals surface area contributed by atoms with Crippen LogP contribution in [0.1, 0.15) is 4.88 Å². The summed E-state index contributed by atoms with van der Waals surface area (Å²) >= 11 is 2.66. The molecule has 1 aliphatic carbocycles. The van der Waals surface area contributed by atoms with Gasteiger partial charge in [0, 0.05) is 41.1 Å². The third-order valence-electron chi connectivity index (χ3n) is 3.67. The highest BCUT2D eigenvalue weighted by Gasteiger charge is 2.36. The van der Waals surface area contributed by atoms with E-state index in [1.165, 1.54) is 23.1 Å². The second kappa shape index (κ2) is 6.07. The van der Waals surface area contributed by atoms with Crippen molar-refractivity contribution < 1.29 is 19.3 Å². The van der Waals surface area contributed by atoms with Gasteiger partial charge >= 0.3 is 0 Å². The summed E-state index contributed by atoms with van der Waals surface area (Å²) < 4.78 is 1.90. The second-order valence-corrected chi connectivity index (χ2v) is 7.93. The minimum atomic E-state index is -0.707. The van der Waals surface area contributed by atoms with Gasteiger partial charge in [-0.25, -0.2) is 4.58 Å². The lowest BCUT2D eigenvalue weighted by atomic mass is 10.1. The first-order valence-corrected chi connectivity index (χ1v) is 8.87. The number of ketones is 2. The number of carbonyl (C=O) groups is 2. The van der Waals surface area contributed by atoms with Crippen LogP contribution < -0.4 is 10.0 Å². The summed E-state index contributed by atoms with van der Waals surface area (Å²) in [6, 6.07) is 3.56. The number of carbonyl (C=O) groups excluding carboxylic acids is 2. The van der Waals surface area contributed by atoms with Crippen LogP contribution in [0.4, 0.5) is 5.00 Å². The Bertz CT molecular complexity index is 881. The van der Waals surface area contributed by atoms with E-state index in [0.717, 1.165) is 10.0 Å². The smallest absolute Gasteiger partial charge is 0.239 e. The Labute approximate surface area is 148 Å². The Balaban J connectivity index is 2.09. The van der Waals surface area contributed by atoms with Crippen molar-refractivity contribution in [1.29, 1.82) is 0 Å². The number of nitrogens with zero attached hydrogens (tertiary/aromatic N) is 2. The molecule has 0 aromatic carbocycles. The van der Waals surface area contributed by atoms with Crippen LogP contribution in [-0.2, 0) is 9.59 Å². The molecule has 0 saturated carbocycles. The van der Waals surface area contributed by atoms with Crippen LogP contribution in [0.15, 0.2) is 40.5 Å². The van der Waals surface area contributed by atoms with Gasteiger partial charge in [0.15, 0.2) is 0 Å². The number of anilines is 1. The van der Waals surface area contributed by atoms with Gasteiger partial charge in [-0.2, -0.15) is 0 Å². The molecule has 1 aromatic rings. The summed E-state index contributed by atoms with van der Waals surface area (Å²) in [4.78, 5) is 27.7. The quantitative estimate of drug-likeness (QED) is 0.451.